The molecule has 1 aliphatic rings. The standard InChI is InChI=1S/C25H32N4O/c1-16(2)23-12-6-20(15-27-23)25(30)28-21-8-10-22(11-9-21)29(5)24-13-7-19(14-26)17(3)18(24)4/h6-7,12-13,15-16,21-22H,8-11H2,1-5H3,(H,28,30). The van der Waals surface area contributed by atoms with Crippen LogP contribution < -0.4 is 10.2 Å². The first kappa shape index (κ1) is 21.8. The first-order valence-electron chi connectivity index (χ1n) is 10.8. The average molecular weight is 405 g/mol. The van der Waals surface area contributed by atoms with Crippen molar-refractivity contribution in [2.24, 2.45) is 0 Å². The van der Waals surface area contributed by atoms with E-state index < -0.39 is 0 Å². The van der Waals surface area contributed by atoms with E-state index >= 15 is 0 Å². The first-order valence-corrected chi connectivity index (χ1v) is 10.8. The summed E-state index contributed by atoms with van der Waals surface area (Å²) in [5, 5.41) is 12.4. The van der Waals surface area contributed by atoms with Gasteiger partial charge in [0.25, 0.3) is 5.91 Å². The van der Waals surface area contributed by atoms with Gasteiger partial charge in [-0.15, -0.1) is 0 Å². The maximum Gasteiger partial charge on any atom is 0.253 e. The highest BCUT2D eigenvalue weighted by Gasteiger charge is 2.26. The third-order valence-corrected chi connectivity index (χ3v) is 6.48. The Labute approximate surface area is 180 Å². The van der Waals surface area contributed by atoms with E-state index in [9.17, 15) is 10.1 Å². The van der Waals surface area contributed by atoms with E-state index in [4.69, 9.17) is 0 Å². The van der Waals surface area contributed by atoms with Crippen molar-refractivity contribution in [1.82, 2.24) is 10.3 Å². The lowest BCUT2D eigenvalue weighted by atomic mass is 9.89. The minimum Gasteiger partial charge on any atom is -0.371 e. The van der Waals surface area contributed by atoms with Crippen molar-refractivity contribution in [3.63, 3.8) is 0 Å². The Morgan fingerprint density at radius 2 is 1.83 bits per heavy atom. The van der Waals surface area contributed by atoms with Gasteiger partial charge in [0.2, 0.25) is 0 Å². The second kappa shape index (κ2) is 9.30. The first-order chi connectivity index (χ1) is 14.3. The van der Waals surface area contributed by atoms with Gasteiger partial charge in [0.15, 0.2) is 0 Å². The third-order valence-electron chi connectivity index (χ3n) is 6.48. The Kier molecular flexibility index (Phi) is 6.77. The van der Waals surface area contributed by atoms with Crippen LogP contribution in [-0.2, 0) is 0 Å². The van der Waals surface area contributed by atoms with Crippen molar-refractivity contribution in [2.75, 3.05) is 11.9 Å². The van der Waals surface area contributed by atoms with Crippen molar-refractivity contribution >= 4 is 11.6 Å². The molecule has 1 N–H and O–H groups in total. The highest BCUT2D eigenvalue weighted by Crippen LogP contribution is 2.31. The average Bonchev–Trinajstić information content (AvgIpc) is 2.75. The largest absolute Gasteiger partial charge is 0.371 e. The van der Waals surface area contributed by atoms with Gasteiger partial charge < -0.3 is 10.2 Å². The molecule has 1 amide bonds. The number of hydrogen-bond acceptors (Lipinski definition) is 4. The predicted octanol–water partition coefficient (Wildman–Crippen LogP) is 4.87. The molecule has 2 aromatic rings. The van der Waals surface area contributed by atoms with Crippen LogP contribution in [0.5, 0.6) is 0 Å². The third kappa shape index (κ3) is 4.64. The number of carbonyl (C=O) groups is 1. The van der Waals surface area contributed by atoms with Crippen LogP contribution >= 0.6 is 0 Å². The smallest absolute Gasteiger partial charge is 0.253 e. The summed E-state index contributed by atoms with van der Waals surface area (Å²) < 4.78 is 0. The maximum absolute atomic E-state index is 12.6. The molecule has 0 spiro atoms. The molecule has 5 heteroatoms. The second-order valence-corrected chi connectivity index (χ2v) is 8.71. The zero-order valence-corrected chi connectivity index (χ0v) is 18.7. The van der Waals surface area contributed by atoms with E-state index in [-0.39, 0.29) is 11.9 Å². The lowest BCUT2D eigenvalue weighted by molar-refractivity contribution is 0.0925. The van der Waals surface area contributed by atoms with E-state index in [1.165, 1.54) is 11.3 Å². The number of aromatic nitrogens is 1. The Morgan fingerprint density at radius 1 is 1.13 bits per heavy atom. The summed E-state index contributed by atoms with van der Waals surface area (Å²) in [7, 11) is 2.14. The van der Waals surface area contributed by atoms with Crippen LogP contribution in [0.25, 0.3) is 0 Å². The molecule has 30 heavy (non-hydrogen) atoms. The molecular weight excluding hydrogens is 372 g/mol. The molecule has 1 fully saturated rings. The molecule has 0 saturated heterocycles. The Balaban J connectivity index is 1.57. The van der Waals surface area contributed by atoms with Gasteiger partial charge in [-0.2, -0.15) is 5.26 Å². The van der Waals surface area contributed by atoms with Gasteiger partial charge in [-0.25, -0.2) is 0 Å². The van der Waals surface area contributed by atoms with Gasteiger partial charge in [-0.3, -0.25) is 9.78 Å². The second-order valence-electron chi connectivity index (χ2n) is 8.71. The van der Waals surface area contributed by atoms with Crippen molar-refractivity contribution < 1.29 is 4.79 Å². The summed E-state index contributed by atoms with van der Waals surface area (Å²) in [6.07, 6.45) is 5.67. The number of anilines is 1. The van der Waals surface area contributed by atoms with Crippen molar-refractivity contribution in [3.05, 3.63) is 58.4 Å². The van der Waals surface area contributed by atoms with Gasteiger partial charge in [0.1, 0.15) is 0 Å². The fourth-order valence-electron chi connectivity index (χ4n) is 4.26. The zero-order chi connectivity index (χ0) is 21.8. The predicted molar refractivity (Wildman–Crippen MR) is 121 cm³/mol. The molecule has 3 rings (SSSR count). The number of benzene rings is 1. The van der Waals surface area contributed by atoms with Crippen molar-refractivity contribution in [1.29, 1.82) is 5.26 Å². The highest BCUT2D eigenvalue weighted by atomic mass is 16.1. The Bertz CT molecular complexity index is 935. The number of rotatable bonds is 5. The molecule has 1 aliphatic carbocycles. The van der Waals surface area contributed by atoms with Crippen LogP contribution in [0, 0.1) is 25.2 Å². The van der Waals surface area contributed by atoms with Crippen LogP contribution in [0.15, 0.2) is 30.5 Å². The van der Waals surface area contributed by atoms with Crippen molar-refractivity contribution in [2.45, 2.75) is 71.4 Å². The molecule has 1 heterocycles. The van der Waals surface area contributed by atoms with Crippen LogP contribution in [-0.4, -0.2) is 30.0 Å². The molecule has 1 aromatic carbocycles. The van der Waals surface area contributed by atoms with Crippen LogP contribution in [0.3, 0.4) is 0 Å². The van der Waals surface area contributed by atoms with Gasteiger partial charge in [0.05, 0.1) is 17.2 Å². The Morgan fingerprint density at radius 3 is 2.40 bits per heavy atom. The van der Waals surface area contributed by atoms with Gasteiger partial charge in [-0.1, -0.05) is 13.8 Å². The molecular formula is C25H32N4O. The maximum atomic E-state index is 12.6. The van der Waals surface area contributed by atoms with E-state index in [0.29, 0.717) is 17.5 Å². The molecule has 5 nitrogen and oxygen atoms in total. The van der Waals surface area contributed by atoms with E-state index in [1.54, 1.807) is 6.20 Å². The number of hydrogen-bond donors (Lipinski definition) is 1. The van der Waals surface area contributed by atoms with Crippen LogP contribution in [0.2, 0.25) is 0 Å². The molecule has 0 radical (unpaired) electrons. The number of nitriles is 1. The summed E-state index contributed by atoms with van der Waals surface area (Å²) in [6.45, 7) is 8.29. The van der Waals surface area contributed by atoms with Crippen LogP contribution in [0.1, 0.15) is 78.2 Å². The van der Waals surface area contributed by atoms with E-state index in [1.807, 2.05) is 25.1 Å². The monoisotopic (exact) mass is 404 g/mol. The van der Waals surface area contributed by atoms with E-state index in [0.717, 1.165) is 42.5 Å². The molecule has 0 bridgehead atoms. The molecule has 0 aliphatic heterocycles. The number of nitrogens with zero attached hydrogens (tertiary/aromatic N) is 3. The molecule has 0 unspecified atom stereocenters. The number of pyridine rings is 1. The number of amides is 1. The topological polar surface area (TPSA) is 69.0 Å². The summed E-state index contributed by atoms with van der Waals surface area (Å²) >= 11 is 0. The Hall–Kier alpha value is -2.87. The molecule has 158 valence electrons. The zero-order valence-electron chi connectivity index (χ0n) is 18.7. The van der Waals surface area contributed by atoms with Crippen molar-refractivity contribution in [3.8, 4) is 6.07 Å². The normalized spacial score (nSPS) is 18.7. The van der Waals surface area contributed by atoms with Crippen LogP contribution in [0.4, 0.5) is 5.69 Å². The van der Waals surface area contributed by atoms with Gasteiger partial charge >= 0.3 is 0 Å². The summed E-state index contributed by atoms with van der Waals surface area (Å²) in [5.74, 6) is 0.325. The molecule has 1 aromatic heterocycles. The summed E-state index contributed by atoms with van der Waals surface area (Å²) in [5.41, 5.74) is 5.79. The minimum atomic E-state index is -0.0341. The summed E-state index contributed by atoms with van der Waals surface area (Å²) in [6, 6.07) is 10.7. The SMILES string of the molecule is Cc1c(C#N)ccc(N(C)C2CCC(NC(=O)c3ccc(C(C)C)nc3)CC2)c1C. The number of nitrogens with one attached hydrogen (secondary N) is 1. The fourth-order valence-corrected chi connectivity index (χ4v) is 4.26. The number of carbonyl (C=O) groups excluding carboxylic acids is 1. The lowest BCUT2D eigenvalue weighted by Crippen LogP contribution is -2.43. The van der Waals surface area contributed by atoms with E-state index in [2.05, 4.69) is 55.2 Å². The quantitative estimate of drug-likeness (QED) is 0.772. The minimum absolute atomic E-state index is 0.0341. The lowest BCUT2D eigenvalue weighted by Gasteiger charge is -2.37. The fraction of sp³-hybridized carbons (Fsp3) is 0.480. The van der Waals surface area contributed by atoms with Gasteiger partial charge in [0, 0.05) is 36.7 Å². The highest BCUT2D eigenvalue weighted by molar-refractivity contribution is 5.94. The molecule has 0 atom stereocenters. The van der Waals surface area contributed by atoms with Gasteiger partial charge in [-0.05, 0) is 80.8 Å². The molecule has 1 saturated carbocycles. The summed E-state index contributed by atoms with van der Waals surface area (Å²) in [4.78, 5) is 19.3.